The molecule has 1 saturated carbocycles. The smallest absolute Gasteiger partial charge is 0.286 e. The lowest BCUT2D eigenvalue weighted by Gasteiger charge is -2.36. The van der Waals surface area contributed by atoms with Crippen molar-refractivity contribution in [2.45, 2.75) is 95.2 Å². The molecule has 2 atom stereocenters. The molecule has 1 unspecified atom stereocenters. The number of amides is 1. The molecule has 1 aliphatic heterocycles. The first-order valence-corrected chi connectivity index (χ1v) is 12.5. The van der Waals surface area contributed by atoms with Crippen molar-refractivity contribution in [1.82, 2.24) is 15.1 Å². The third kappa shape index (κ3) is 7.29. The number of carbonyl (C=O) groups is 2. The molecule has 0 N–H and O–H groups in total. The van der Waals surface area contributed by atoms with E-state index in [-0.39, 0.29) is 29.9 Å². The summed E-state index contributed by atoms with van der Waals surface area (Å²) in [5, 5.41) is 8.33. The van der Waals surface area contributed by atoms with E-state index in [0.717, 1.165) is 58.0 Å². The first-order chi connectivity index (χ1) is 15.1. The van der Waals surface area contributed by atoms with E-state index in [0.29, 0.717) is 24.0 Å². The third-order valence-electron chi connectivity index (χ3n) is 5.84. The van der Waals surface area contributed by atoms with E-state index in [9.17, 15) is 9.59 Å². The highest BCUT2D eigenvalue weighted by molar-refractivity contribution is 7.99. The molecule has 2 aliphatic rings. The summed E-state index contributed by atoms with van der Waals surface area (Å²) in [5.74, 6) is 0.606. The Hall–Kier alpha value is -1.45. The van der Waals surface area contributed by atoms with Crippen LogP contribution in [0.4, 0.5) is 0 Å². The zero-order valence-electron chi connectivity index (χ0n) is 18.7. The maximum absolute atomic E-state index is 13.2. The minimum absolute atomic E-state index is 0.0210. The molecule has 1 aliphatic carbocycles. The molecule has 1 aromatic heterocycles. The molecule has 2 heterocycles. The van der Waals surface area contributed by atoms with Crippen LogP contribution in [0.1, 0.15) is 82.3 Å². The van der Waals surface area contributed by atoms with Gasteiger partial charge in [-0.25, -0.2) is 0 Å². The van der Waals surface area contributed by atoms with E-state index in [4.69, 9.17) is 13.9 Å². The maximum atomic E-state index is 13.2. The number of nitrogens with zero attached hydrogens (tertiary/aromatic N) is 3. The van der Waals surface area contributed by atoms with Crippen LogP contribution in [0.5, 0.6) is 0 Å². The van der Waals surface area contributed by atoms with Gasteiger partial charge >= 0.3 is 0 Å². The van der Waals surface area contributed by atoms with E-state index in [1.54, 1.807) is 4.90 Å². The lowest BCUT2D eigenvalue weighted by Crippen LogP contribution is -2.48. The first kappa shape index (κ1) is 24.2. The maximum Gasteiger partial charge on any atom is 0.286 e. The van der Waals surface area contributed by atoms with Crippen LogP contribution in [0, 0.1) is 5.92 Å². The first-order valence-electron chi connectivity index (χ1n) is 11.5. The van der Waals surface area contributed by atoms with E-state index in [1.165, 1.54) is 18.2 Å². The van der Waals surface area contributed by atoms with Gasteiger partial charge in [-0.2, -0.15) is 0 Å². The molecule has 0 aromatic carbocycles. The van der Waals surface area contributed by atoms with Crippen molar-refractivity contribution in [2.75, 3.05) is 19.0 Å². The Kier molecular flexibility index (Phi) is 9.80. The molecule has 174 valence electrons. The predicted molar refractivity (Wildman–Crippen MR) is 117 cm³/mol. The van der Waals surface area contributed by atoms with Gasteiger partial charge in [0.2, 0.25) is 12.2 Å². The summed E-state index contributed by atoms with van der Waals surface area (Å²) in [6, 6.07) is -0.458. The Balaban J connectivity index is 1.56. The Bertz CT molecular complexity index is 686. The molecule has 1 aromatic rings. The van der Waals surface area contributed by atoms with Gasteiger partial charge in [0.1, 0.15) is 6.04 Å². The van der Waals surface area contributed by atoms with Crippen molar-refractivity contribution >= 4 is 24.0 Å². The molecule has 2 fully saturated rings. The molecular weight excluding hydrogens is 418 g/mol. The van der Waals surface area contributed by atoms with Crippen molar-refractivity contribution in [3.05, 3.63) is 5.89 Å². The summed E-state index contributed by atoms with van der Waals surface area (Å²) < 4.78 is 16.9. The number of thioether (sulfide) groups is 1. The van der Waals surface area contributed by atoms with Crippen LogP contribution in [-0.4, -0.2) is 64.6 Å². The second kappa shape index (κ2) is 12.6. The lowest BCUT2D eigenvalue weighted by molar-refractivity contribution is -0.158. The van der Waals surface area contributed by atoms with Crippen molar-refractivity contribution in [3.8, 4) is 0 Å². The molecule has 3 rings (SSSR count). The Morgan fingerprint density at radius 3 is 2.65 bits per heavy atom. The van der Waals surface area contributed by atoms with Crippen molar-refractivity contribution in [2.24, 2.45) is 5.92 Å². The van der Waals surface area contributed by atoms with Crippen molar-refractivity contribution in [1.29, 1.82) is 0 Å². The van der Waals surface area contributed by atoms with Gasteiger partial charge < -0.3 is 18.8 Å². The second-order valence-corrected chi connectivity index (χ2v) is 9.79. The molecule has 31 heavy (non-hydrogen) atoms. The summed E-state index contributed by atoms with van der Waals surface area (Å²) in [4.78, 5) is 26.9. The van der Waals surface area contributed by atoms with Crippen LogP contribution >= 0.6 is 11.8 Å². The van der Waals surface area contributed by atoms with Gasteiger partial charge in [-0.15, -0.1) is 10.2 Å². The molecule has 0 radical (unpaired) electrons. The van der Waals surface area contributed by atoms with Gasteiger partial charge in [-0.1, -0.05) is 44.9 Å². The van der Waals surface area contributed by atoms with Gasteiger partial charge in [0.25, 0.3) is 11.1 Å². The zero-order chi connectivity index (χ0) is 22.1. The quantitative estimate of drug-likeness (QED) is 0.202. The standard InChI is InChI=1S/C22H35N3O5S/c1-16(2)14-18(25(15-26)17-8-4-3-5-9-17)20(27)21-23-24-22(30-21)31-13-12-29-19-10-6-7-11-28-19/h15-19H,3-14H2,1-2H3/t18-,19?/m0/s1. The minimum atomic E-state index is -0.564. The molecule has 8 nitrogen and oxygen atoms in total. The van der Waals surface area contributed by atoms with E-state index < -0.39 is 6.04 Å². The summed E-state index contributed by atoms with van der Waals surface area (Å²) in [6.07, 6.45) is 9.68. The highest BCUT2D eigenvalue weighted by Crippen LogP contribution is 2.27. The van der Waals surface area contributed by atoms with Gasteiger partial charge in [0.05, 0.1) is 6.61 Å². The topological polar surface area (TPSA) is 94.8 Å². The second-order valence-electron chi connectivity index (χ2n) is 8.74. The van der Waals surface area contributed by atoms with Crippen LogP contribution in [0.3, 0.4) is 0 Å². The zero-order valence-corrected chi connectivity index (χ0v) is 19.5. The van der Waals surface area contributed by atoms with Gasteiger partial charge in [-0.05, 0) is 44.4 Å². The Morgan fingerprint density at radius 1 is 1.19 bits per heavy atom. The number of ketones is 1. The van der Waals surface area contributed by atoms with Crippen LogP contribution in [-0.2, 0) is 14.3 Å². The normalized spacial score (nSPS) is 21.2. The fraction of sp³-hybridized carbons (Fsp3) is 0.818. The van der Waals surface area contributed by atoms with Crippen LogP contribution in [0.2, 0.25) is 0 Å². The fourth-order valence-corrected chi connectivity index (χ4v) is 4.86. The SMILES string of the molecule is CC(C)C[C@@H](C(=O)c1nnc(SCCOC2CCCCO2)o1)N(C=O)C1CCCCC1. The Morgan fingerprint density at radius 2 is 1.97 bits per heavy atom. The third-order valence-corrected chi connectivity index (χ3v) is 6.63. The number of rotatable bonds is 12. The lowest BCUT2D eigenvalue weighted by atomic mass is 9.91. The summed E-state index contributed by atoms with van der Waals surface area (Å²) in [5.41, 5.74) is 0. The minimum Gasteiger partial charge on any atom is -0.408 e. The van der Waals surface area contributed by atoms with E-state index in [2.05, 4.69) is 24.0 Å². The van der Waals surface area contributed by atoms with Crippen LogP contribution < -0.4 is 0 Å². The van der Waals surface area contributed by atoms with Crippen LogP contribution in [0.25, 0.3) is 0 Å². The average molecular weight is 454 g/mol. The number of ether oxygens (including phenoxy) is 2. The number of hydrogen-bond acceptors (Lipinski definition) is 8. The predicted octanol–water partition coefficient (Wildman–Crippen LogP) is 4.09. The van der Waals surface area contributed by atoms with Gasteiger partial charge in [0.15, 0.2) is 6.29 Å². The highest BCUT2D eigenvalue weighted by atomic mass is 32.2. The molecule has 1 saturated heterocycles. The van der Waals surface area contributed by atoms with E-state index >= 15 is 0 Å². The monoisotopic (exact) mass is 453 g/mol. The summed E-state index contributed by atoms with van der Waals surface area (Å²) in [7, 11) is 0. The average Bonchev–Trinajstić information content (AvgIpc) is 3.26. The number of carbonyl (C=O) groups excluding carboxylic acids is 2. The van der Waals surface area contributed by atoms with Gasteiger partial charge in [0, 0.05) is 18.4 Å². The van der Waals surface area contributed by atoms with Gasteiger partial charge in [-0.3, -0.25) is 9.59 Å². The summed E-state index contributed by atoms with van der Waals surface area (Å²) in [6.45, 7) is 5.37. The molecular formula is C22H35N3O5S. The van der Waals surface area contributed by atoms with E-state index in [1.807, 2.05) is 0 Å². The Labute approximate surface area is 188 Å². The molecule has 1 amide bonds. The molecule has 0 spiro atoms. The molecule has 0 bridgehead atoms. The van der Waals surface area contributed by atoms with Crippen molar-refractivity contribution < 1.29 is 23.5 Å². The number of hydrogen-bond donors (Lipinski definition) is 0. The van der Waals surface area contributed by atoms with Crippen molar-refractivity contribution in [3.63, 3.8) is 0 Å². The number of aromatic nitrogens is 2. The fourth-order valence-electron chi connectivity index (χ4n) is 4.27. The largest absolute Gasteiger partial charge is 0.408 e. The van der Waals surface area contributed by atoms with Crippen LogP contribution in [0.15, 0.2) is 9.64 Å². The highest BCUT2D eigenvalue weighted by Gasteiger charge is 2.35. The molecule has 9 heteroatoms. The number of Topliss-reactive ketones (excluding diaryl/α,β-unsaturated/α-hetero) is 1. The summed E-state index contributed by atoms with van der Waals surface area (Å²) >= 11 is 1.36.